The third-order valence-corrected chi connectivity index (χ3v) is 5.07. The van der Waals surface area contributed by atoms with E-state index in [2.05, 4.69) is 35.7 Å². The van der Waals surface area contributed by atoms with E-state index in [1.807, 2.05) is 24.3 Å². The molecule has 28 heavy (non-hydrogen) atoms. The van der Waals surface area contributed by atoms with Crippen molar-refractivity contribution in [1.82, 2.24) is 0 Å². The van der Waals surface area contributed by atoms with Gasteiger partial charge >= 0.3 is 0 Å². The Labute approximate surface area is 164 Å². The van der Waals surface area contributed by atoms with E-state index in [0.717, 1.165) is 18.4 Å². The van der Waals surface area contributed by atoms with Gasteiger partial charge in [0.25, 0.3) is 5.91 Å². The quantitative estimate of drug-likeness (QED) is 0.595. The normalized spacial score (nSPS) is 12.3. The summed E-state index contributed by atoms with van der Waals surface area (Å²) in [4.78, 5) is 24.4. The van der Waals surface area contributed by atoms with Gasteiger partial charge in [-0.15, -0.1) is 0 Å². The zero-order valence-corrected chi connectivity index (χ0v) is 15.7. The van der Waals surface area contributed by atoms with Gasteiger partial charge in [0.05, 0.1) is 5.56 Å². The lowest BCUT2D eigenvalue weighted by Crippen LogP contribution is -2.15. The van der Waals surface area contributed by atoms with Crippen molar-refractivity contribution in [1.29, 1.82) is 0 Å². The maximum absolute atomic E-state index is 12.6. The Morgan fingerprint density at radius 1 is 0.857 bits per heavy atom. The first kappa shape index (κ1) is 17.9. The second-order valence-electron chi connectivity index (χ2n) is 6.95. The molecule has 0 saturated heterocycles. The number of benzene rings is 3. The lowest BCUT2D eigenvalue weighted by atomic mass is 9.90. The highest BCUT2D eigenvalue weighted by Crippen LogP contribution is 2.31. The van der Waals surface area contributed by atoms with Crippen LogP contribution in [0, 0.1) is 0 Å². The van der Waals surface area contributed by atoms with Gasteiger partial charge in [-0.3, -0.25) is 9.59 Å². The third-order valence-electron chi connectivity index (χ3n) is 5.07. The number of ketones is 1. The lowest BCUT2D eigenvalue weighted by Gasteiger charge is -2.15. The Hall–Kier alpha value is -3.46. The van der Waals surface area contributed by atoms with Gasteiger partial charge in [0.1, 0.15) is 0 Å². The monoisotopic (exact) mass is 367 g/mol. The van der Waals surface area contributed by atoms with Gasteiger partial charge in [-0.05, 0) is 60.2 Å². The molecule has 0 aromatic heterocycles. The van der Waals surface area contributed by atoms with Crippen molar-refractivity contribution in [3.05, 3.63) is 95.1 Å². The minimum atomic E-state index is -0.279. The molecule has 138 valence electrons. The van der Waals surface area contributed by atoms with Gasteiger partial charge in [-0.25, -0.2) is 0 Å². The molecular weight excluding hydrogens is 346 g/mol. The lowest BCUT2D eigenvalue weighted by molar-refractivity contribution is 0.0985. The summed E-state index contributed by atoms with van der Waals surface area (Å²) in [5.41, 5.74) is 6.49. The van der Waals surface area contributed by atoms with E-state index < -0.39 is 0 Å². The Morgan fingerprint density at radius 2 is 1.61 bits per heavy atom. The van der Waals surface area contributed by atoms with Gasteiger partial charge in [-0.1, -0.05) is 60.7 Å². The van der Waals surface area contributed by atoms with Crippen LogP contribution in [0.4, 0.5) is 5.69 Å². The van der Waals surface area contributed by atoms with Crippen LogP contribution in [0.15, 0.2) is 72.8 Å². The number of hydrogen-bond acceptors (Lipinski definition) is 2. The van der Waals surface area contributed by atoms with Gasteiger partial charge in [0.15, 0.2) is 5.78 Å². The highest BCUT2D eigenvalue weighted by molar-refractivity contribution is 6.12. The van der Waals surface area contributed by atoms with Crippen LogP contribution >= 0.6 is 0 Å². The molecule has 0 bridgehead atoms. The first-order valence-corrected chi connectivity index (χ1v) is 9.43. The van der Waals surface area contributed by atoms with Crippen molar-refractivity contribution in [2.45, 2.75) is 19.8 Å². The highest BCUT2D eigenvalue weighted by atomic mass is 16.2. The topological polar surface area (TPSA) is 46.2 Å². The largest absolute Gasteiger partial charge is 0.322 e. The zero-order valence-electron chi connectivity index (χ0n) is 15.7. The fourth-order valence-electron chi connectivity index (χ4n) is 3.64. The molecule has 1 aliphatic carbocycles. The van der Waals surface area contributed by atoms with Gasteiger partial charge in [0.2, 0.25) is 0 Å². The number of carbonyl (C=O) groups excluding carboxylic acids is 2. The highest BCUT2D eigenvalue weighted by Gasteiger charge is 2.14. The maximum atomic E-state index is 12.6. The minimum Gasteiger partial charge on any atom is -0.322 e. The number of hydrogen-bond donors (Lipinski definition) is 1. The van der Waals surface area contributed by atoms with Crippen molar-refractivity contribution in [2.75, 3.05) is 5.32 Å². The van der Waals surface area contributed by atoms with E-state index in [1.54, 1.807) is 24.3 Å². The Morgan fingerprint density at radius 3 is 2.36 bits per heavy atom. The maximum Gasteiger partial charge on any atom is 0.256 e. The molecule has 3 aromatic carbocycles. The van der Waals surface area contributed by atoms with Crippen LogP contribution in [0.2, 0.25) is 0 Å². The first-order chi connectivity index (χ1) is 13.6. The average molecular weight is 367 g/mol. The molecule has 3 nitrogen and oxygen atoms in total. The number of fused-ring (bicyclic) bond motifs is 1. The molecule has 0 radical (unpaired) electrons. The van der Waals surface area contributed by atoms with Crippen molar-refractivity contribution in [3.63, 3.8) is 0 Å². The van der Waals surface area contributed by atoms with E-state index in [1.165, 1.54) is 23.6 Å². The molecule has 1 aliphatic rings. The number of nitrogens with one attached hydrogen (secondary N) is 1. The van der Waals surface area contributed by atoms with Crippen molar-refractivity contribution in [3.8, 4) is 11.1 Å². The summed E-state index contributed by atoms with van der Waals surface area (Å²) in [5, 5.41) is 2.89. The van der Waals surface area contributed by atoms with E-state index >= 15 is 0 Å². The number of allylic oxidation sites excluding steroid dienone is 1. The fourth-order valence-corrected chi connectivity index (χ4v) is 3.64. The summed E-state index contributed by atoms with van der Waals surface area (Å²) in [7, 11) is 0. The predicted molar refractivity (Wildman–Crippen MR) is 114 cm³/mol. The van der Waals surface area contributed by atoms with Gasteiger partial charge in [-0.2, -0.15) is 0 Å². The van der Waals surface area contributed by atoms with Crippen LogP contribution in [0.25, 0.3) is 17.2 Å². The Bertz CT molecular complexity index is 1080. The summed E-state index contributed by atoms with van der Waals surface area (Å²) in [6, 6.07) is 21.1. The van der Waals surface area contributed by atoms with Crippen LogP contribution in [-0.4, -0.2) is 11.7 Å². The van der Waals surface area contributed by atoms with Crippen LogP contribution in [0.5, 0.6) is 0 Å². The molecule has 4 rings (SSSR count). The van der Waals surface area contributed by atoms with Gasteiger partial charge in [0, 0.05) is 11.3 Å². The van der Waals surface area contributed by atoms with Crippen LogP contribution < -0.4 is 5.32 Å². The number of Topliss-reactive ketones (excluding diaryl/α,β-unsaturated/α-hetero) is 1. The molecule has 0 heterocycles. The predicted octanol–water partition coefficient (Wildman–Crippen LogP) is 5.77. The molecule has 1 N–H and O–H groups in total. The number of amides is 1. The molecule has 0 spiro atoms. The number of carbonyl (C=O) groups is 2. The van der Waals surface area contributed by atoms with Crippen LogP contribution in [-0.2, 0) is 6.42 Å². The molecule has 1 amide bonds. The van der Waals surface area contributed by atoms with Crippen LogP contribution in [0.1, 0.15) is 45.2 Å². The smallest absolute Gasteiger partial charge is 0.256 e. The molecule has 3 aromatic rings. The molecule has 0 fully saturated rings. The number of rotatable bonds is 4. The van der Waals surface area contributed by atoms with Crippen LogP contribution in [0.3, 0.4) is 0 Å². The summed E-state index contributed by atoms with van der Waals surface area (Å²) >= 11 is 0. The van der Waals surface area contributed by atoms with E-state index in [9.17, 15) is 9.59 Å². The number of anilines is 1. The standard InChI is InChI=1S/C25H21NO2/c1-17(27)21-9-4-5-11-24(21)25(28)26-20-15-13-19(14-16-20)23-12-6-8-18-7-2-3-10-22(18)23/h3-6,8-16H,2,7H2,1H3,(H,26,28). The first-order valence-electron chi connectivity index (χ1n) is 9.43. The second-order valence-corrected chi connectivity index (χ2v) is 6.95. The van der Waals surface area contributed by atoms with Crippen molar-refractivity contribution in [2.24, 2.45) is 0 Å². The molecule has 0 unspecified atom stereocenters. The summed E-state index contributed by atoms with van der Waals surface area (Å²) in [6.45, 7) is 1.47. The summed E-state index contributed by atoms with van der Waals surface area (Å²) in [5.74, 6) is -0.401. The SMILES string of the molecule is CC(=O)c1ccccc1C(=O)Nc1ccc(-c2cccc3c2C=CCC3)cc1. The number of aryl methyl sites for hydroxylation is 1. The van der Waals surface area contributed by atoms with E-state index in [0.29, 0.717) is 16.8 Å². The molecular formula is C25H21NO2. The van der Waals surface area contributed by atoms with E-state index in [-0.39, 0.29) is 11.7 Å². The van der Waals surface area contributed by atoms with E-state index in [4.69, 9.17) is 0 Å². The second kappa shape index (κ2) is 7.65. The van der Waals surface area contributed by atoms with Crippen molar-refractivity contribution >= 4 is 23.5 Å². The minimum absolute atomic E-state index is 0.122. The fraction of sp³-hybridized carbons (Fsp3) is 0.120. The van der Waals surface area contributed by atoms with Gasteiger partial charge < -0.3 is 5.32 Å². The summed E-state index contributed by atoms with van der Waals surface area (Å²) < 4.78 is 0. The van der Waals surface area contributed by atoms with Crippen molar-refractivity contribution < 1.29 is 9.59 Å². The average Bonchev–Trinajstić information content (AvgIpc) is 2.74. The Balaban J connectivity index is 1.58. The third kappa shape index (κ3) is 3.52. The molecule has 3 heteroatoms. The zero-order chi connectivity index (χ0) is 19.5. The Kier molecular flexibility index (Phi) is 4.90. The molecule has 0 saturated carbocycles. The molecule has 0 aliphatic heterocycles. The molecule has 0 atom stereocenters. The summed E-state index contributed by atoms with van der Waals surface area (Å²) in [6.07, 6.45) is 6.57.